The van der Waals surface area contributed by atoms with Crippen LogP contribution in [-0.4, -0.2) is 5.16 Å². The summed E-state index contributed by atoms with van der Waals surface area (Å²) in [4.78, 5) is 0. The average Bonchev–Trinajstić information content (AvgIpc) is 1.27. The first kappa shape index (κ1) is 11.3. The van der Waals surface area contributed by atoms with Gasteiger partial charge in [-0.15, -0.1) is 9.24 Å². The molecule has 0 aliphatic heterocycles. The molecule has 52 valence electrons. The molecule has 0 aliphatic rings. The molecule has 0 radical (unpaired) electrons. The molecule has 8 heavy (non-hydrogen) atoms. The Morgan fingerprint density at radius 1 is 1.12 bits per heavy atom. The maximum Gasteiger partial charge on any atom is -0.0235 e. The van der Waals surface area contributed by atoms with Crippen LogP contribution in [0, 0.1) is 0 Å². The zero-order valence-corrected chi connectivity index (χ0v) is 7.94. The normalized spacial score (nSPS) is 9.75. The van der Waals surface area contributed by atoms with E-state index in [2.05, 4.69) is 43.9 Å². The van der Waals surface area contributed by atoms with Gasteiger partial charge in [0, 0.05) is 0 Å². The van der Waals surface area contributed by atoms with Gasteiger partial charge in [-0.1, -0.05) is 41.0 Å². The summed E-state index contributed by atoms with van der Waals surface area (Å²) in [5.41, 5.74) is 0. The summed E-state index contributed by atoms with van der Waals surface area (Å²) in [6, 6.07) is 0. The molecular weight excluding hydrogens is 115 g/mol. The van der Waals surface area contributed by atoms with Crippen molar-refractivity contribution in [3.05, 3.63) is 0 Å². The smallest absolute Gasteiger partial charge is 0.0235 e. The Hall–Kier alpha value is 0.430. The van der Waals surface area contributed by atoms with Gasteiger partial charge in [-0.25, -0.2) is 0 Å². The number of rotatable bonds is 0. The van der Waals surface area contributed by atoms with E-state index in [-0.39, 0.29) is 0 Å². The van der Waals surface area contributed by atoms with Crippen molar-refractivity contribution in [1.29, 1.82) is 0 Å². The lowest BCUT2D eigenvalue weighted by Crippen LogP contribution is -1.97. The minimum atomic E-state index is 0.417. The summed E-state index contributed by atoms with van der Waals surface area (Å²) in [7, 11) is 2.72. The van der Waals surface area contributed by atoms with Gasteiger partial charge in [-0.2, -0.15) is 0 Å². The molecule has 0 rings (SSSR count). The Bertz CT molecular complexity index is 28.1. The van der Waals surface area contributed by atoms with E-state index < -0.39 is 0 Å². The molecule has 0 nitrogen and oxygen atoms in total. The van der Waals surface area contributed by atoms with Crippen LogP contribution in [0.2, 0.25) is 0 Å². The Morgan fingerprint density at radius 2 is 1.12 bits per heavy atom. The molecule has 0 aromatic rings. The van der Waals surface area contributed by atoms with Crippen molar-refractivity contribution in [2.75, 3.05) is 0 Å². The maximum absolute atomic E-state index is 2.72. The van der Waals surface area contributed by atoms with Gasteiger partial charge in [0.25, 0.3) is 0 Å². The molecule has 0 spiro atoms. The molecule has 0 fully saturated rings. The van der Waals surface area contributed by atoms with Crippen LogP contribution >= 0.6 is 9.24 Å². The maximum atomic E-state index is 2.72. The van der Waals surface area contributed by atoms with Gasteiger partial charge >= 0.3 is 0 Å². The van der Waals surface area contributed by atoms with Gasteiger partial charge in [0.1, 0.15) is 0 Å². The fourth-order valence-corrected chi connectivity index (χ4v) is 0. The summed E-state index contributed by atoms with van der Waals surface area (Å²) in [6.45, 7) is 10.7. The SMILES string of the molecule is CC(C)(C)P.CCC. The Morgan fingerprint density at radius 3 is 1.12 bits per heavy atom. The third-order valence-electron chi connectivity index (χ3n) is 0. The first-order chi connectivity index (χ1) is 3.41. The Labute approximate surface area is 56.3 Å². The third-order valence-corrected chi connectivity index (χ3v) is 0. The standard InChI is InChI=1S/C4H11P.C3H8/c1-4(2,3)5;1-3-2/h5H2,1-3H3;3H2,1-2H3. The van der Waals surface area contributed by atoms with Gasteiger partial charge in [-0.3, -0.25) is 0 Å². The van der Waals surface area contributed by atoms with Gasteiger partial charge in [0.05, 0.1) is 0 Å². The molecular formula is C7H19P. The van der Waals surface area contributed by atoms with E-state index in [1.807, 2.05) is 0 Å². The molecule has 0 N–H and O–H groups in total. The zero-order valence-electron chi connectivity index (χ0n) is 6.78. The Balaban J connectivity index is 0. The van der Waals surface area contributed by atoms with Crippen molar-refractivity contribution in [3.63, 3.8) is 0 Å². The fourth-order valence-electron chi connectivity index (χ4n) is 0. The van der Waals surface area contributed by atoms with Gasteiger partial charge < -0.3 is 0 Å². The molecule has 1 atom stereocenters. The second-order valence-corrected chi connectivity index (χ2v) is 4.81. The van der Waals surface area contributed by atoms with E-state index in [1.54, 1.807) is 0 Å². The average molecular weight is 134 g/mol. The second kappa shape index (κ2) is 5.56. The minimum absolute atomic E-state index is 0.417. The highest BCUT2D eigenvalue weighted by atomic mass is 31.0. The highest BCUT2D eigenvalue weighted by Gasteiger charge is 1.95. The summed E-state index contributed by atoms with van der Waals surface area (Å²) in [6.07, 6.45) is 1.25. The molecule has 0 bridgehead atoms. The van der Waals surface area contributed by atoms with Crippen molar-refractivity contribution in [2.45, 2.75) is 46.2 Å². The first-order valence-electron chi connectivity index (χ1n) is 3.20. The molecule has 0 saturated heterocycles. The van der Waals surface area contributed by atoms with Crippen LogP contribution < -0.4 is 0 Å². The number of hydrogen-bond acceptors (Lipinski definition) is 0. The fraction of sp³-hybridized carbons (Fsp3) is 1.00. The van der Waals surface area contributed by atoms with E-state index in [0.29, 0.717) is 5.16 Å². The predicted molar refractivity (Wildman–Crippen MR) is 45.4 cm³/mol. The van der Waals surface area contributed by atoms with E-state index in [4.69, 9.17) is 0 Å². The lowest BCUT2D eigenvalue weighted by Gasteiger charge is -2.05. The van der Waals surface area contributed by atoms with Crippen LogP contribution in [0.3, 0.4) is 0 Å². The van der Waals surface area contributed by atoms with Crippen molar-refractivity contribution in [1.82, 2.24) is 0 Å². The topological polar surface area (TPSA) is 0 Å². The van der Waals surface area contributed by atoms with Crippen LogP contribution in [0.4, 0.5) is 0 Å². The highest BCUT2D eigenvalue weighted by Crippen LogP contribution is 2.12. The van der Waals surface area contributed by atoms with Crippen molar-refractivity contribution < 1.29 is 0 Å². The monoisotopic (exact) mass is 134 g/mol. The summed E-state index contributed by atoms with van der Waals surface area (Å²) >= 11 is 0. The molecule has 0 aliphatic carbocycles. The van der Waals surface area contributed by atoms with Crippen LogP contribution in [0.15, 0.2) is 0 Å². The van der Waals surface area contributed by atoms with Gasteiger partial charge in [0.2, 0.25) is 0 Å². The summed E-state index contributed by atoms with van der Waals surface area (Å²) in [5, 5.41) is 0.417. The zero-order chi connectivity index (χ0) is 7.21. The van der Waals surface area contributed by atoms with Gasteiger partial charge in [-0.05, 0) is 5.16 Å². The molecule has 1 heteroatoms. The van der Waals surface area contributed by atoms with Crippen LogP contribution in [0.1, 0.15) is 41.0 Å². The second-order valence-electron chi connectivity index (χ2n) is 3.07. The van der Waals surface area contributed by atoms with Crippen LogP contribution in [0.5, 0.6) is 0 Å². The summed E-state index contributed by atoms with van der Waals surface area (Å²) < 4.78 is 0. The highest BCUT2D eigenvalue weighted by molar-refractivity contribution is 7.18. The van der Waals surface area contributed by atoms with E-state index >= 15 is 0 Å². The lowest BCUT2D eigenvalue weighted by molar-refractivity contribution is 0.804. The van der Waals surface area contributed by atoms with Crippen molar-refractivity contribution >= 4 is 9.24 Å². The van der Waals surface area contributed by atoms with Crippen LogP contribution in [0.25, 0.3) is 0 Å². The molecule has 0 saturated carbocycles. The predicted octanol–water partition coefficient (Wildman–Crippen LogP) is 3.08. The molecule has 0 aromatic carbocycles. The van der Waals surface area contributed by atoms with E-state index in [1.165, 1.54) is 6.42 Å². The molecule has 0 heterocycles. The van der Waals surface area contributed by atoms with Crippen molar-refractivity contribution in [2.24, 2.45) is 0 Å². The van der Waals surface area contributed by atoms with Gasteiger partial charge in [0.15, 0.2) is 0 Å². The van der Waals surface area contributed by atoms with E-state index in [9.17, 15) is 0 Å². The first-order valence-corrected chi connectivity index (χ1v) is 3.78. The summed E-state index contributed by atoms with van der Waals surface area (Å²) in [5.74, 6) is 0. The number of hydrogen-bond donors (Lipinski definition) is 0. The molecule has 0 aromatic heterocycles. The molecule has 0 amide bonds. The lowest BCUT2D eigenvalue weighted by atomic mass is 10.3. The largest absolute Gasteiger partial charge is 0.132 e. The Kier molecular flexibility index (Phi) is 7.83. The van der Waals surface area contributed by atoms with E-state index in [0.717, 1.165) is 0 Å². The van der Waals surface area contributed by atoms with Crippen molar-refractivity contribution in [3.8, 4) is 0 Å². The minimum Gasteiger partial charge on any atom is -0.132 e. The third kappa shape index (κ3) is 1030. The quantitative estimate of drug-likeness (QED) is 0.446. The van der Waals surface area contributed by atoms with Crippen LogP contribution in [-0.2, 0) is 0 Å². The molecule has 1 unspecified atom stereocenters.